The Morgan fingerprint density at radius 3 is 2.92 bits per heavy atom. The molecule has 124 valence electrons. The number of nitrogens with one attached hydrogen (secondary N) is 1. The van der Waals surface area contributed by atoms with Gasteiger partial charge in [-0.05, 0) is 29.6 Å². The lowest BCUT2D eigenvalue weighted by Crippen LogP contribution is -2.34. The molecule has 7 heteroatoms. The molecule has 0 aliphatic carbocycles. The molecule has 1 N–H and O–H groups in total. The first-order valence-corrected chi connectivity index (χ1v) is 8.43. The van der Waals surface area contributed by atoms with Crippen molar-refractivity contribution in [2.45, 2.75) is 20.0 Å². The fourth-order valence-electron chi connectivity index (χ4n) is 2.24. The van der Waals surface area contributed by atoms with Crippen molar-refractivity contribution in [1.29, 1.82) is 0 Å². The molecule has 3 rings (SSSR count). The normalized spacial score (nSPS) is 12.0. The van der Waals surface area contributed by atoms with Gasteiger partial charge in [-0.2, -0.15) is 5.10 Å². The smallest absolute Gasteiger partial charge is 0.266 e. The van der Waals surface area contributed by atoms with Gasteiger partial charge in [0.05, 0.1) is 25.3 Å². The Morgan fingerprint density at radius 2 is 2.21 bits per heavy atom. The number of carbonyl (C=O) groups excluding carboxylic acids is 1. The minimum atomic E-state index is -0.373. The number of furan rings is 1. The molecule has 0 aromatic carbocycles. The molecule has 3 aromatic rings. The number of rotatable bonds is 6. The minimum absolute atomic E-state index is 0.111. The van der Waals surface area contributed by atoms with Crippen molar-refractivity contribution < 1.29 is 9.21 Å². The van der Waals surface area contributed by atoms with Crippen LogP contribution in [0.4, 0.5) is 0 Å². The van der Waals surface area contributed by atoms with Crippen molar-refractivity contribution in [3.05, 3.63) is 63.3 Å². The molecule has 0 spiro atoms. The maximum atomic E-state index is 12.2. The van der Waals surface area contributed by atoms with Crippen LogP contribution in [0.1, 0.15) is 11.8 Å². The van der Waals surface area contributed by atoms with Gasteiger partial charge in [-0.25, -0.2) is 4.68 Å². The van der Waals surface area contributed by atoms with Gasteiger partial charge in [0, 0.05) is 10.9 Å². The van der Waals surface area contributed by atoms with E-state index in [-0.39, 0.29) is 23.9 Å². The Hall–Kier alpha value is -2.67. The Kier molecular flexibility index (Phi) is 4.90. The molecule has 3 aromatic heterocycles. The second-order valence-electron chi connectivity index (χ2n) is 5.41. The number of nitrogens with zero attached hydrogens (tertiary/aromatic N) is 2. The van der Waals surface area contributed by atoms with Crippen LogP contribution < -0.4 is 10.9 Å². The minimum Gasteiger partial charge on any atom is -0.463 e. The zero-order valence-electron chi connectivity index (χ0n) is 13.1. The van der Waals surface area contributed by atoms with E-state index in [9.17, 15) is 9.59 Å². The summed E-state index contributed by atoms with van der Waals surface area (Å²) >= 11 is 1.59. The topological polar surface area (TPSA) is 77.1 Å². The van der Waals surface area contributed by atoms with Crippen LogP contribution in [-0.4, -0.2) is 15.7 Å². The number of amides is 1. The maximum Gasteiger partial charge on any atom is 0.266 e. The van der Waals surface area contributed by atoms with Gasteiger partial charge in [-0.1, -0.05) is 13.0 Å². The third-order valence-corrected chi connectivity index (χ3v) is 4.43. The monoisotopic (exact) mass is 343 g/mol. The highest BCUT2D eigenvalue weighted by Crippen LogP contribution is 2.15. The van der Waals surface area contributed by atoms with Crippen LogP contribution >= 0.6 is 11.3 Å². The van der Waals surface area contributed by atoms with Crippen molar-refractivity contribution >= 4 is 17.2 Å². The molecule has 0 fully saturated rings. The largest absolute Gasteiger partial charge is 0.463 e. The molecule has 0 saturated carbocycles. The van der Waals surface area contributed by atoms with Crippen molar-refractivity contribution in [2.24, 2.45) is 5.92 Å². The molecule has 0 saturated heterocycles. The highest BCUT2D eigenvalue weighted by Gasteiger charge is 2.15. The Labute approximate surface area is 142 Å². The van der Waals surface area contributed by atoms with E-state index in [0.29, 0.717) is 18.0 Å². The quantitative estimate of drug-likeness (QED) is 0.746. The molecule has 6 nitrogen and oxygen atoms in total. The molecule has 3 heterocycles. The number of hydrogen-bond acceptors (Lipinski definition) is 5. The molecule has 1 amide bonds. The van der Waals surface area contributed by atoms with E-state index in [1.807, 2.05) is 17.5 Å². The fourth-order valence-corrected chi connectivity index (χ4v) is 2.88. The van der Waals surface area contributed by atoms with Crippen molar-refractivity contribution in [1.82, 2.24) is 15.1 Å². The van der Waals surface area contributed by atoms with Gasteiger partial charge in [-0.3, -0.25) is 9.59 Å². The number of carbonyl (C=O) groups is 1. The fraction of sp³-hybridized carbons (Fsp3) is 0.235. The van der Waals surface area contributed by atoms with Crippen LogP contribution in [0, 0.1) is 5.92 Å². The second kappa shape index (κ2) is 7.27. The first-order chi connectivity index (χ1) is 11.6. The SMILES string of the molecule is CC(Cn1nc(-c2ccco2)ccc1=O)C(=O)NCc1cccs1. The van der Waals surface area contributed by atoms with Crippen molar-refractivity contribution in [3.63, 3.8) is 0 Å². The van der Waals surface area contributed by atoms with Gasteiger partial charge < -0.3 is 9.73 Å². The molecule has 0 bridgehead atoms. The molecule has 0 aliphatic rings. The van der Waals surface area contributed by atoms with Gasteiger partial charge in [0.1, 0.15) is 5.69 Å². The van der Waals surface area contributed by atoms with Crippen LogP contribution in [-0.2, 0) is 17.9 Å². The van der Waals surface area contributed by atoms with Gasteiger partial charge in [0.25, 0.3) is 5.56 Å². The third-order valence-electron chi connectivity index (χ3n) is 3.55. The number of aromatic nitrogens is 2. The third kappa shape index (κ3) is 3.80. The zero-order valence-corrected chi connectivity index (χ0v) is 14.0. The summed E-state index contributed by atoms with van der Waals surface area (Å²) in [6.45, 7) is 2.48. The van der Waals surface area contributed by atoms with Crippen LogP contribution in [0.3, 0.4) is 0 Å². The highest BCUT2D eigenvalue weighted by atomic mass is 32.1. The molecule has 1 atom stereocenters. The van der Waals surface area contributed by atoms with E-state index < -0.39 is 0 Å². The lowest BCUT2D eigenvalue weighted by Gasteiger charge is -2.13. The van der Waals surface area contributed by atoms with E-state index >= 15 is 0 Å². The van der Waals surface area contributed by atoms with E-state index in [4.69, 9.17) is 4.42 Å². The number of thiophene rings is 1. The molecule has 0 radical (unpaired) electrons. The summed E-state index contributed by atoms with van der Waals surface area (Å²) in [5.41, 5.74) is 0.314. The Morgan fingerprint density at radius 1 is 1.33 bits per heavy atom. The summed E-state index contributed by atoms with van der Waals surface area (Å²) in [6, 6.07) is 10.5. The number of hydrogen-bond donors (Lipinski definition) is 1. The Balaban J connectivity index is 1.67. The lowest BCUT2D eigenvalue weighted by atomic mass is 10.1. The van der Waals surface area contributed by atoms with Gasteiger partial charge in [-0.15, -0.1) is 11.3 Å². The van der Waals surface area contributed by atoms with Crippen LogP contribution in [0.15, 0.2) is 57.3 Å². The molecule has 1 unspecified atom stereocenters. The average Bonchev–Trinajstić information content (AvgIpc) is 3.28. The van der Waals surface area contributed by atoms with E-state index in [1.54, 1.807) is 42.7 Å². The molecule has 24 heavy (non-hydrogen) atoms. The van der Waals surface area contributed by atoms with E-state index in [2.05, 4.69) is 10.4 Å². The summed E-state index contributed by atoms with van der Waals surface area (Å²) in [6.07, 6.45) is 1.55. The summed E-state index contributed by atoms with van der Waals surface area (Å²) in [4.78, 5) is 25.3. The van der Waals surface area contributed by atoms with Crippen LogP contribution in [0.5, 0.6) is 0 Å². The van der Waals surface area contributed by atoms with E-state index in [1.165, 1.54) is 10.7 Å². The zero-order chi connectivity index (χ0) is 16.9. The summed E-state index contributed by atoms with van der Waals surface area (Å²) in [7, 11) is 0. The predicted molar refractivity (Wildman–Crippen MR) is 91.5 cm³/mol. The highest BCUT2D eigenvalue weighted by molar-refractivity contribution is 7.09. The van der Waals surface area contributed by atoms with Gasteiger partial charge >= 0.3 is 0 Å². The lowest BCUT2D eigenvalue weighted by molar-refractivity contribution is -0.125. The summed E-state index contributed by atoms with van der Waals surface area (Å²) < 4.78 is 6.59. The predicted octanol–water partition coefficient (Wildman–Crippen LogP) is 2.52. The average molecular weight is 343 g/mol. The summed E-state index contributed by atoms with van der Waals surface area (Å²) in [5, 5.41) is 9.12. The first-order valence-electron chi connectivity index (χ1n) is 7.55. The second-order valence-corrected chi connectivity index (χ2v) is 6.45. The van der Waals surface area contributed by atoms with Crippen molar-refractivity contribution in [3.8, 4) is 11.5 Å². The van der Waals surface area contributed by atoms with E-state index in [0.717, 1.165) is 4.88 Å². The van der Waals surface area contributed by atoms with Crippen LogP contribution in [0.25, 0.3) is 11.5 Å². The van der Waals surface area contributed by atoms with Gasteiger partial charge in [0.15, 0.2) is 5.76 Å². The molecular formula is C17H17N3O3S. The maximum absolute atomic E-state index is 12.2. The Bertz CT molecular complexity index is 854. The van der Waals surface area contributed by atoms with Crippen LogP contribution in [0.2, 0.25) is 0 Å². The standard InChI is InChI=1S/C17H17N3O3S/c1-12(17(22)18-10-13-4-3-9-24-13)11-20-16(21)7-6-14(19-20)15-5-2-8-23-15/h2-9,12H,10-11H2,1H3,(H,18,22). The van der Waals surface area contributed by atoms with Crippen molar-refractivity contribution in [2.75, 3.05) is 0 Å². The first kappa shape index (κ1) is 16.2. The summed E-state index contributed by atoms with van der Waals surface area (Å²) in [5.74, 6) is 0.0982. The molecular weight excluding hydrogens is 326 g/mol. The van der Waals surface area contributed by atoms with Gasteiger partial charge in [0.2, 0.25) is 5.91 Å². The molecule has 0 aliphatic heterocycles.